The van der Waals surface area contributed by atoms with Crippen molar-refractivity contribution < 1.29 is 13.9 Å². The van der Waals surface area contributed by atoms with Gasteiger partial charge in [0, 0.05) is 0 Å². The van der Waals surface area contributed by atoms with E-state index >= 15 is 0 Å². The Morgan fingerprint density at radius 1 is 1.06 bits per heavy atom. The van der Waals surface area contributed by atoms with Gasteiger partial charge in [0.1, 0.15) is 12.4 Å². The largest absolute Gasteiger partial charge is 0.493 e. The molecular formula is C23H19FN4O2S. The molecule has 3 aromatic carbocycles. The zero-order valence-corrected chi connectivity index (χ0v) is 17.5. The molecule has 0 aliphatic carbocycles. The number of aromatic nitrogens is 3. The van der Waals surface area contributed by atoms with Crippen molar-refractivity contribution in [2.24, 2.45) is 5.10 Å². The summed E-state index contributed by atoms with van der Waals surface area (Å²) < 4.78 is 27.2. The van der Waals surface area contributed by atoms with E-state index in [9.17, 15) is 4.39 Å². The number of hydrogen-bond donors (Lipinski definition) is 1. The second kappa shape index (κ2) is 9.36. The Kier molecular flexibility index (Phi) is 6.18. The SMILES string of the molecule is COc1ccc(/C=N\n2c(-c3ccccc3F)n[nH]c2=S)cc1OCc1ccccc1. The number of benzene rings is 3. The van der Waals surface area contributed by atoms with Gasteiger partial charge in [-0.05, 0) is 53.7 Å². The Morgan fingerprint density at radius 3 is 2.61 bits per heavy atom. The molecule has 0 bridgehead atoms. The highest BCUT2D eigenvalue weighted by Gasteiger charge is 2.12. The predicted octanol–water partition coefficient (Wildman–Crippen LogP) is 5.22. The van der Waals surface area contributed by atoms with Gasteiger partial charge in [0.15, 0.2) is 17.3 Å². The van der Waals surface area contributed by atoms with Gasteiger partial charge in [-0.2, -0.15) is 14.9 Å². The van der Waals surface area contributed by atoms with E-state index in [-0.39, 0.29) is 10.6 Å². The number of ether oxygens (including phenoxy) is 2. The zero-order valence-electron chi connectivity index (χ0n) is 16.7. The number of hydrogen-bond acceptors (Lipinski definition) is 5. The average Bonchev–Trinajstić information content (AvgIpc) is 3.17. The van der Waals surface area contributed by atoms with Crippen molar-refractivity contribution >= 4 is 18.4 Å². The third-order valence-corrected chi connectivity index (χ3v) is 4.78. The summed E-state index contributed by atoms with van der Waals surface area (Å²) in [6.07, 6.45) is 1.60. The van der Waals surface area contributed by atoms with E-state index in [4.69, 9.17) is 21.7 Å². The Balaban J connectivity index is 1.61. The molecule has 0 saturated heterocycles. The Labute approximate surface area is 183 Å². The maximum Gasteiger partial charge on any atom is 0.216 e. The van der Waals surface area contributed by atoms with Crippen LogP contribution in [0.15, 0.2) is 77.9 Å². The lowest BCUT2D eigenvalue weighted by molar-refractivity contribution is 0.284. The Morgan fingerprint density at radius 2 is 1.84 bits per heavy atom. The molecule has 1 aromatic heterocycles. The third kappa shape index (κ3) is 4.70. The van der Waals surface area contributed by atoms with Crippen molar-refractivity contribution in [2.75, 3.05) is 7.11 Å². The predicted molar refractivity (Wildman–Crippen MR) is 120 cm³/mol. The molecule has 0 radical (unpaired) electrons. The van der Waals surface area contributed by atoms with Crippen LogP contribution in [-0.4, -0.2) is 28.2 Å². The number of H-pyrrole nitrogens is 1. The van der Waals surface area contributed by atoms with Crippen molar-refractivity contribution in [1.82, 2.24) is 14.9 Å². The minimum atomic E-state index is -0.408. The molecule has 0 saturated carbocycles. The number of aromatic amines is 1. The van der Waals surface area contributed by atoms with E-state index in [2.05, 4.69) is 15.3 Å². The minimum Gasteiger partial charge on any atom is -0.493 e. The van der Waals surface area contributed by atoms with Gasteiger partial charge >= 0.3 is 0 Å². The molecule has 0 aliphatic heterocycles. The van der Waals surface area contributed by atoms with Crippen molar-refractivity contribution in [3.05, 3.63) is 94.5 Å². The molecule has 0 unspecified atom stereocenters. The lowest BCUT2D eigenvalue weighted by atomic mass is 10.2. The first kappa shape index (κ1) is 20.5. The summed E-state index contributed by atoms with van der Waals surface area (Å²) in [5.74, 6) is 1.07. The lowest BCUT2D eigenvalue weighted by Gasteiger charge is -2.11. The molecule has 4 aromatic rings. The molecule has 0 amide bonds. The minimum absolute atomic E-state index is 0.253. The summed E-state index contributed by atoms with van der Waals surface area (Å²) in [6, 6.07) is 21.6. The summed E-state index contributed by atoms with van der Waals surface area (Å²) in [7, 11) is 1.59. The van der Waals surface area contributed by atoms with E-state index in [0.29, 0.717) is 23.7 Å². The summed E-state index contributed by atoms with van der Waals surface area (Å²) in [5.41, 5.74) is 2.10. The highest BCUT2D eigenvalue weighted by molar-refractivity contribution is 7.71. The van der Waals surface area contributed by atoms with Crippen LogP contribution < -0.4 is 9.47 Å². The number of rotatable bonds is 7. The molecule has 31 heavy (non-hydrogen) atoms. The van der Waals surface area contributed by atoms with Crippen molar-refractivity contribution in [3.63, 3.8) is 0 Å². The topological polar surface area (TPSA) is 64.4 Å². The first-order valence-electron chi connectivity index (χ1n) is 9.47. The van der Waals surface area contributed by atoms with Gasteiger partial charge < -0.3 is 9.47 Å². The van der Waals surface area contributed by atoms with Gasteiger partial charge in [-0.15, -0.1) is 0 Å². The van der Waals surface area contributed by atoms with E-state index in [1.807, 2.05) is 42.5 Å². The highest BCUT2D eigenvalue weighted by atomic mass is 32.1. The number of halogens is 1. The van der Waals surface area contributed by atoms with Gasteiger partial charge in [-0.25, -0.2) is 9.49 Å². The van der Waals surface area contributed by atoms with E-state index in [0.717, 1.165) is 11.1 Å². The van der Waals surface area contributed by atoms with Crippen LogP contribution in [0, 0.1) is 10.6 Å². The van der Waals surface area contributed by atoms with Crippen LogP contribution in [-0.2, 0) is 6.61 Å². The van der Waals surface area contributed by atoms with Gasteiger partial charge in [-0.3, -0.25) is 0 Å². The zero-order chi connectivity index (χ0) is 21.6. The van der Waals surface area contributed by atoms with E-state index in [1.165, 1.54) is 10.7 Å². The first-order chi connectivity index (χ1) is 15.2. The normalized spacial score (nSPS) is 11.0. The summed E-state index contributed by atoms with van der Waals surface area (Å²) in [5, 5.41) is 11.2. The molecule has 4 rings (SSSR count). The molecule has 8 heteroatoms. The molecule has 1 N–H and O–H groups in total. The molecule has 0 spiro atoms. The Bertz CT molecular complexity index is 1270. The molecule has 6 nitrogen and oxygen atoms in total. The maximum atomic E-state index is 14.2. The Hall–Kier alpha value is -3.78. The smallest absolute Gasteiger partial charge is 0.216 e. The van der Waals surface area contributed by atoms with Gasteiger partial charge in [0.05, 0.1) is 18.9 Å². The summed E-state index contributed by atoms with van der Waals surface area (Å²) in [6.45, 7) is 0.405. The number of nitrogens with one attached hydrogen (secondary N) is 1. The second-order valence-corrected chi connectivity index (χ2v) is 6.96. The van der Waals surface area contributed by atoms with Crippen LogP contribution in [0.25, 0.3) is 11.4 Å². The van der Waals surface area contributed by atoms with Crippen molar-refractivity contribution in [2.45, 2.75) is 6.61 Å². The fraction of sp³-hybridized carbons (Fsp3) is 0.0870. The standard InChI is InChI=1S/C23H19FN4O2S/c1-29-20-12-11-17(13-21(20)30-15-16-7-3-2-4-8-16)14-25-28-22(26-27-23(28)31)18-9-5-6-10-19(18)24/h2-14H,15H2,1H3,(H,27,31)/b25-14-. The second-order valence-electron chi connectivity index (χ2n) is 6.57. The molecule has 0 atom stereocenters. The van der Waals surface area contributed by atoms with Crippen LogP contribution in [0.5, 0.6) is 11.5 Å². The van der Waals surface area contributed by atoms with Crippen LogP contribution in [0.1, 0.15) is 11.1 Å². The van der Waals surface area contributed by atoms with E-state index < -0.39 is 5.82 Å². The fourth-order valence-corrected chi connectivity index (χ4v) is 3.14. The average molecular weight is 434 g/mol. The molecular weight excluding hydrogens is 415 g/mol. The monoisotopic (exact) mass is 434 g/mol. The number of methoxy groups -OCH3 is 1. The van der Waals surface area contributed by atoms with Crippen LogP contribution >= 0.6 is 12.2 Å². The summed E-state index contributed by atoms with van der Waals surface area (Å²) in [4.78, 5) is 0. The quantitative estimate of drug-likeness (QED) is 0.320. The van der Waals surface area contributed by atoms with Crippen LogP contribution in [0.4, 0.5) is 4.39 Å². The maximum absolute atomic E-state index is 14.2. The molecule has 156 valence electrons. The molecule has 0 aliphatic rings. The lowest BCUT2D eigenvalue weighted by Crippen LogP contribution is -1.99. The highest BCUT2D eigenvalue weighted by Crippen LogP contribution is 2.28. The van der Waals surface area contributed by atoms with Crippen molar-refractivity contribution in [3.8, 4) is 22.9 Å². The van der Waals surface area contributed by atoms with E-state index in [1.54, 1.807) is 37.6 Å². The van der Waals surface area contributed by atoms with Gasteiger partial charge in [0.2, 0.25) is 4.77 Å². The summed E-state index contributed by atoms with van der Waals surface area (Å²) >= 11 is 5.26. The first-order valence-corrected chi connectivity index (χ1v) is 9.88. The van der Waals surface area contributed by atoms with Crippen LogP contribution in [0.2, 0.25) is 0 Å². The fourth-order valence-electron chi connectivity index (χ4n) is 2.96. The molecule has 0 fully saturated rings. The third-order valence-electron chi connectivity index (χ3n) is 4.51. The van der Waals surface area contributed by atoms with Crippen molar-refractivity contribution in [1.29, 1.82) is 0 Å². The van der Waals surface area contributed by atoms with Gasteiger partial charge in [-0.1, -0.05) is 42.5 Å². The molecule has 1 heterocycles. The number of nitrogens with zero attached hydrogens (tertiary/aromatic N) is 3. The van der Waals surface area contributed by atoms with Gasteiger partial charge in [0.25, 0.3) is 0 Å². The van der Waals surface area contributed by atoms with Crippen LogP contribution in [0.3, 0.4) is 0 Å².